The number of nitrogens with zero attached hydrogens (tertiary/aromatic N) is 1. The van der Waals surface area contributed by atoms with E-state index in [1.165, 1.54) is 24.8 Å². The largest absolute Gasteiger partial charge is 0.490 e. The molecule has 0 spiro atoms. The van der Waals surface area contributed by atoms with Gasteiger partial charge in [-0.3, -0.25) is 10.1 Å². The standard InChI is InChI=1S/C17H15NO5S2/c1-22-15-7-4-12(10-14(15)18(20)21)16(19)23-13-5-2-11(3-6-13)17-24-8-9-25-17/h2-7,10,17H,8-9H2,1H3. The molecule has 0 aromatic heterocycles. The number of methoxy groups -OCH3 is 1. The molecule has 25 heavy (non-hydrogen) atoms. The van der Waals surface area contributed by atoms with E-state index < -0.39 is 10.9 Å². The third-order valence-corrected chi connectivity index (χ3v) is 6.70. The molecule has 0 saturated carbocycles. The number of nitro benzene ring substituents is 1. The summed E-state index contributed by atoms with van der Waals surface area (Å²) in [6.07, 6.45) is 0. The lowest BCUT2D eigenvalue weighted by atomic mass is 10.2. The van der Waals surface area contributed by atoms with Crippen molar-refractivity contribution < 1.29 is 19.2 Å². The molecule has 0 atom stereocenters. The molecule has 6 nitrogen and oxygen atoms in total. The molecule has 1 aliphatic rings. The summed E-state index contributed by atoms with van der Waals surface area (Å²) in [6, 6.07) is 11.3. The molecule has 0 bridgehead atoms. The molecule has 1 heterocycles. The summed E-state index contributed by atoms with van der Waals surface area (Å²) in [6.45, 7) is 0. The maximum Gasteiger partial charge on any atom is 0.343 e. The van der Waals surface area contributed by atoms with Gasteiger partial charge in [0.1, 0.15) is 5.75 Å². The van der Waals surface area contributed by atoms with Gasteiger partial charge in [-0.25, -0.2) is 4.79 Å². The minimum atomic E-state index is -0.650. The van der Waals surface area contributed by atoms with Gasteiger partial charge >= 0.3 is 11.7 Å². The monoisotopic (exact) mass is 377 g/mol. The molecule has 0 unspecified atom stereocenters. The van der Waals surface area contributed by atoms with E-state index in [0.717, 1.165) is 17.6 Å². The lowest BCUT2D eigenvalue weighted by Gasteiger charge is -2.10. The molecule has 130 valence electrons. The summed E-state index contributed by atoms with van der Waals surface area (Å²) in [5, 5.41) is 11.0. The molecular weight excluding hydrogens is 362 g/mol. The van der Waals surface area contributed by atoms with E-state index >= 15 is 0 Å². The molecular formula is C17H15NO5S2. The fourth-order valence-electron chi connectivity index (χ4n) is 2.37. The van der Waals surface area contributed by atoms with Crippen molar-refractivity contribution in [1.29, 1.82) is 0 Å². The lowest BCUT2D eigenvalue weighted by molar-refractivity contribution is -0.385. The number of benzene rings is 2. The Morgan fingerprint density at radius 3 is 2.44 bits per heavy atom. The van der Waals surface area contributed by atoms with Gasteiger partial charge in [0.15, 0.2) is 5.75 Å². The molecule has 3 rings (SSSR count). The van der Waals surface area contributed by atoms with Crippen LogP contribution in [0.2, 0.25) is 0 Å². The topological polar surface area (TPSA) is 78.7 Å². The highest BCUT2D eigenvalue weighted by Gasteiger charge is 2.20. The van der Waals surface area contributed by atoms with Gasteiger partial charge in [-0.15, -0.1) is 23.5 Å². The van der Waals surface area contributed by atoms with Gasteiger partial charge in [0.05, 0.1) is 22.2 Å². The molecule has 8 heteroatoms. The van der Waals surface area contributed by atoms with E-state index in [0.29, 0.717) is 10.3 Å². The second-order valence-corrected chi connectivity index (χ2v) is 7.90. The predicted molar refractivity (Wildman–Crippen MR) is 98.7 cm³/mol. The van der Waals surface area contributed by atoms with Gasteiger partial charge < -0.3 is 9.47 Å². The summed E-state index contributed by atoms with van der Waals surface area (Å²) < 4.78 is 10.7. The Morgan fingerprint density at radius 1 is 1.16 bits per heavy atom. The molecule has 0 radical (unpaired) electrons. The number of ether oxygens (including phenoxy) is 2. The van der Waals surface area contributed by atoms with Crippen molar-refractivity contribution in [2.75, 3.05) is 18.6 Å². The molecule has 2 aromatic carbocycles. The number of esters is 1. The van der Waals surface area contributed by atoms with Gasteiger partial charge in [-0.2, -0.15) is 0 Å². The van der Waals surface area contributed by atoms with Crippen molar-refractivity contribution in [3.05, 3.63) is 63.7 Å². The van der Waals surface area contributed by atoms with Crippen LogP contribution >= 0.6 is 23.5 Å². The number of carbonyl (C=O) groups excluding carboxylic acids is 1. The maximum atomic E-state index is 12.2. The van der Waals surface area contributed by atoms with E-state index in [4.69, 9.17) is 9.47 Å². The van der Waals surface area contributed by atoms with E-state index in [9.17, 15) is 14.9 Å². The fraction of sp³-hybridized carbons (Fsp3) is 0.235. The zero-order valence-electron chi connectivity index (χ0n) is 13.3. The minimum absolute atomic E-state index is 0.0949. The molecule has 0 aliphatic carbocycles. The van der Waals surface area contributed by atoms with E-state index in [2.05, 4.69) is 0 Å². The minimum Gasteiger partial charge on any atom is -0.490 e. The van der Waals surface area contributed by atoms with Crippen molar-refractivity contribution in [3.8, 4) is 11.5 Å². The average molecular weight is 377 g/mol. The number of hydrogen-bond donors (Lipinski definition) is 0. The Labute approximate surface area is 153 Å². The Hall–Kier alpha value is -2.19. The van der Waals surface area contributed by atoms with Crippen LogP contribution in [0.15, 0.2) is 42.5 Å². The summed E-state index contributed by atoms with van der Waals surface area (Å²) in [5.74, 6) is 2.13. The van der Waals surface area contributed by atoms with Crippen molar-refractivity contribution in [1.82, 2.24) is 0 Å². The normalized spacial score (nSPS) is 14.3. The zero-order valence-corrected chi connectivity index (χ0v) is 15.0. The van der Waals surface area contributed by atoms with Gasteiger partial charge in [-0.1, -0.05) is 12.1 Å². The van der Waals surface area contributed by atoms with Gasteiger partial charge in [0.2, 0.25) is 0 Å². The van der Waals surface area contributed by atoms with Crippen LogP contribution in [-0.4, -0.2) is 29.5 Å². The number of hydrogen-bond acceptors (Lipinski definition) is 7. The third-order valence-electron chi connectivity index (χ3n) is 3.60. The zero-order chi connectivity index (χ0) is 17.8. The molecule has 1 fully saturated rings. The van der Waals surface area contributed by atoms with Gasteiger partial charge in [-0.05, 0) is 29.8 Å². The highest BCUT2D eigenvalue weighted by Crippen LogP contribution is 2.45. The highest BCUT2D eigenvalue weighted by atomic mass is 32.2. The average Bonchev–Trinajstić information content (AvgIpc) is 3.16. The van der Waals surface area contributed by atoms with E-state index in [-0.39, 0.29) is 17.0 Å². The fourth-order valence-corrected chi connectivity index (χ4v) is 5.23. The number of thioether (sulfide) groups is 2. The predicted octanol–water partition coefficient (Wildman–Crippen LogP) is 4.30. The van der Waals surface area contributed by atoms with Gasteiger partial charge in [0, 0.05) is 17.6 Å². The molecule has 0 amide bonds. The Bertz CT molecular complexity index is 788. The summed E-state index contributed by atoms with van der Waals surface area (Å²) in [5.41, 5.74) is 1.01. The van der Waals surface area contributed by atoms with Crippen LogP contribution in [0.25, 0.3) is 0 Å². The van der Waals surface area contributed by atoms with Gasteiger partial charge in [0.25, 0.3) is 0 Å². The molecule has 1 saturated heterocycles. The second-order valence-electron chi connectivity index (χ2n) is 5.18. The lowest BCUT2D eigenvalue weighted by Crippen LogP contribution is -2.09. The first-order chi connectivity index (χ1) is 12.1. The van der Waals surface area contributed by atoms with Crippen molar-refractivity contribution >= 4 is 35.2 Å². The van der Waals surface area contributed by atoms with Crippen LogP contribution < -0.4 is 9.47 Å². The third kappa shape index (κ3) is 4.08. The maximum absolute atomic E-state index is 12.2. The SMILES string of the molecule is COc1ccc(C(=O)Oc2ccc(C3SCCS3)cc2)cc1[N+](=O)[O-]. The first-order valence-corrected chi connectivity index (χ1v) is 9.56. The van der Waals surface area contributed by atoms with Crippen LogP contribution in [0.4, 0.5) is 5.69 Å². The quantitative estimate of drug-likeness (QED) is 0.333. The van der Waals surface area contributed by atoms with Crippen LogP contribution in [0.5, 0.6) is 11.5 Å². The Morgan fingerprint density at radius 2 is 1.84 bits per heavy atom. The van der Waals surface area contributed by atoms with Crippen LogP contribution in [0.1, 0.15) is 20.5 Å². The number of nitro groups is 1. The Kier molecular flexibility index (Phi) is 5.50. The summed E-state index contributed by atoms with van der Waals surface area (Å²) in [7, 11) is 1.34. The molecule has 1 aliphatic heterocycles. The van der Waals surface area contributed by atoms with Crippen LogP contribution in [0.3, 0.4) is 0 Å². The first kappa shape index (κ1) is 17.6. The summed E-state index contributed by atoms with van der Waals surface area (Å²) >= 11 is 3.80. The van der Waals surface area contributed by atoms with Crippen LogP contribution in [-0.2, 0) is 0 Å². The van der Waals surface area contributed by atoms with Crippen molar-refractivity contribution in [2.45, 2.75) is 4.58 Å². The Balaban J connectivity index is 1.73. The van der Waals surface area contributed by atoms with Crippen molar-refractivity contribution in [2.24, 2.45) is 0 Å². The first-order valence-electron chi connectivity index (χ1n) is 7.46. The van der Waals surface area contributed by atoms with Crippen LogP contribution in [0, 0.1) is 10.1 Å². The highest BCUT2D eigenvalue weighted by molar-refractivity contribution is 8.19. The molecule has 2 aromatic rings. The number of rotatable bonds is 5. The van der Waals surface area contributed by atoms with Crippen molar-refractivity contribution in [3.63, 3.8) is 0 Å². The number of carbonyl (C=O) groups is 1. The molecule has 0 N–H and O–H groups in total. The second kappa shape index (κ2) is 7.79. The smallest absolute Gasteiger partial charge is 0.343 e. The summed E-state index contributed by atoms with van der Waals surface area (Å²) in [4.78, 5) is 22.7. The van der Waals surface area contributed by atoms with E-state index in [1.807, 2.05) is 35.7 Å². The van der Waals surface area contributed by atoms with E-state index in [1.54, 1.807) is 12.1 Å².